The molecule has 0 saturated heterocycles. The standard InChI is InChI=1S/C17H17NO.C15H17NO.C13H18O3.C12H19O4P/c1-19-10-2-3-13-4-7-16-14(11-13)5-6-15-12-18-9-8-17(15)16;1-17-12-2-3-13-4-6-14(7-5-13)15-8-10-16-11-9-15;1-16-10-2-3-11-4-6-12(7-5-11)8-9-13(14)15;1-16-9-2-3-11-4-6-12(7-5-11)8-10-17(13,14)15/h4-9,11-12H,2-3,10H2,1H3;4-11H,2-3,12H2,1H3;4-7H,2-3,8-10H2,1H3,(H,14,15);4-7H,2-3,8-10H2,1H3,(H2,13,14,15)/p-3. The van der Waals surface area contributed by atoms with Gasteiger partial charge in [-0.15, -0.1) is 0 Å². The smallest absolute Gasteiger partial charge is 0.0465 e. The largest absolute Gasteiger partial charge is 0.811 e. The summed E-state index contributed by atoms with van der Waals surface area (Å²) in [6.07, 6.45) is 16.2. The van der Waals surface area contributed by atoms with E-state index >= 15 is 0 Å². The molecule has 2 heterocycles. The highest BCUT2D eigenvalue weighted by Gasteiger charge is 2.03. The third kappa shape index (κ3) is 22.6. The summed E-state index contributed by atoms with van der Waals surface area (Å²) >= 11 is 0. The average molecular weight is 956 g/mol. The maximum absolute atomic E-state index is 10.5. The van der Waals surface area contributed by atoms with Crippen LogP contribution in [0.1, 0.15) is 65.5 Å². The molecule has 0 unspecified atom stereocenters. The van der Waals surface area contributed by atoms with E-state index < -0.39 is 13.6 Å². The van der Waals surface area contributed by atoms with E-state index in [1.807, 2.05) is 85.5 Å². The second kappa shape index (κ2) is 32.2. The van der Waals surface area contributed by atoms with Crippen LogP contribution in [0.25, 0.3) is 32.7 Å². The van der Waals surface area contributed by atoms with Gasteiger partial charge >= 0.3 is 0 Å². The fourth-order valence-electron chi connectivity index (χ4n) is 7.46. The number of rotatable bonds is 23. The van der Waals surface area contributed by atoms with Gasteiger partial charge in [-0.1, -0.05) is 111 Å². The zero-order valence-electron chi connectivity index (χ0n) is 40.7. The molecule has 0 atom stereocenters. The highest BCUT2D eigenvalue weighted by molar-refractivity contribution is 7.48. The van der Waals surface area contributed by atoms with Gasteiger partial charge < -0.3 is 43.2 Å². The Kier molecular flexibility index (Phi) is 26.2. The molecular formula is C57H68N2O9P-3. The Balaban J connectivity index is 0.000000201. The number of benzene rings is 5. The molecule has 0 aliphatic heterocycles. The number of methoxy groups -OCH3 is 4. The summed E-state index contributed by atoms with van der Waals surface area (Å²) in [5.74, 6) is -0.996. The quantitative estimate of drug-likeness (QED) is 0.0341. The second-order valence-corrected chi connectivity index (χ2v) is 18.3. The van der Waals surface area contributed by atoms with Crippen LogP contribution in [0, 0.1) is 0 Å². The minimum Gasteiger partial charge on any atom is -0.811 e. The van der Waals surface area contributed by atoms with Gasteiger partial charge in [0.15, 0.2) is 0 Å². The lowest BCUT2D eigenvalue weighted by molar-refractivity contribution is -0.313. The lowest BCUT2D eigenvalue weighted by atomic mass is 10.00. The van der Waals surface area contributed by atoms with Crippen molar-refractivity contribution in [2.45, 2.75) is 70.6 Å². The monoisotopic (exact) mass is 955 g/mol. The third-order valence-corrected chi connectivity index (χ3v) is 12.0. The Bertz CT molecular complexity index is 2530. The number of ether oxygens (including phenoxy) is 4. The summed E-state index contributed by atoms with van der Waals surface area (Å²) in [5, 5.41) is 15.4. The first-order valence-corrected chi connectivity index (χ1v) is 25.3. The van der Waals surface area contributed by atoms with Gasteiger partial charge in [-0.05, 0) is 156 Å². The predicted octanol–water partition coefficient (Wildman–Crippen LogP) is 8.96. The van der Waals surface area contributed by atoms with Crippen molar-refractivity contribution >= 4 is 35.1 Å². The lowest BCUT2D eigenvalue weighted by Gasteiger charge is -2.29. The highest BCUT2D eigenvalue weighted by Crippen LogP contribution is 2.26. The SMILES string of the molecule is COCCCc1ccc(-c2ccncc2)cc1.COCCCc1ccc(CCC(=O)[O-])cc1.COCCCc1ccc(CCP(=O)([O-])[O-])cc1.COCCCc1ccc2c(ccc3cnccc32)c1. The van der Waals surface area contributed by atoms with Crippen LogP contribution in [0.15, 0.2) is 146 Å². The average Bonchev–Trinajstić information content (AvgIpc) is 3.37. The molecule has 0 saturated carbocycles. The number of pyridine rings is 2. The molecule has 12 heteroatoms. The van der Waals surface area contributed by atoms with Crippen molar-refractivity contribution in [3.05, 3.63) is 179 Å². The fraction of sp³-hybridized carbons (Fsp3) is 0.351. The summed E-state index contributed by atoms with van der Waals surface area (Å²) < 4.78 is 30.6. The van der Waals surface area contributed by atoms with Crippen LogP contribution in [-0.2, 0) is 66.8 Å². The lowest BCUT2D eigenvalue weighted by Crippen LogP contribution is -2.22. The van der Waals surface area contributed by atoms with E-state index in [0.29, 0.717) is 12.8 Å². The Morgan fingerprint density at radius 2 is 0.855 bits per heavy atom. The molecule has 0 amide bonds. The fourth-order valence-corrected chi connectivity index (χ4v) is 8.00. The first kappa shape index (κ1) is 56.0. The van der Waals surface area contributed by atoms with E-state index in [1.54, 1.807) is 28.4 Å². The van der Waals surface area contributed by atoms with Crippen LogP contribution < -0.4 is 14.9 Å². The maximum Gasteiger partial charge on any atom is 0.0465 e. The summed E-state index contributed by atoms with van der Waals surface area (Å²) in [6, 6.07) is 41.6. The highest BCUT2D eigenvalue weighted by atomic mass is 31.2. The van der Waals surface area contributed by atoms with Crippen molar-refractivity contribution in [2.75, 3.05) is 61.0 Å². The molecule has 11 nitrogen and oxygen atoms in total. The molecule has 0 N–H and O–H groups in total. The Morgan fingerprint density at radius 3 is 1.33 bits per heavy atom. The van der Waals surface area contributed by atoms with Gasteiger partial charge in [0.1, 0.15) is 0 Å². The molecule has 368 valence electrons. The minimum atomic E-state index is -4.38. The summed E-state index contributed by atoms with van der Waals surface area (Å²) in [6.45, 7) is 3.15. The molecule has 7 rings (SSSR count). The van der Waals surface area contributed by atoms with E-state index in [9.17, 15) is 24.3 Å². The van der Waals surface area contributed by atoms with Gasteiger partial charge in [0, 0.05) is 91.0 Å². The first-order chi connectivity index (χ1) is 33.5. The number of carboxylic acid groups (broad SMARTS) is 1. The Morgan fingerprint density at radius 1 is 0.464 bits per heavy atom. The molecule has 69 heavy (non-hydrogen) atoms. The number of aromatic nitrogens is 2. The molecule has 0 aliphatic rings. The number of aryl methyl sites for hydroxylation is 6. The van der Waals surface area contributed by atoms with E-state index in [4.69, 9.17) is 18.9 Å². The number of nitrogens with zero attached hydrogens (tertiary/aromatic N) is 2. The number of fused-ring (bicyclic) bond motifs is 3. The Labute approximate surface area is 409 Å². The topological polar surface area (TPSA) is 166 Å². The van der Waals surface area contributed by atoms with Crippen molar-refractivity contribution in [1.29, 1.82) is 0 Å². The molecule has 0 bridgehead atoms. The van der Waals surface area contributed by atoms with Gasteiger partial charge in [0.25, 0.3) is 0 Å². The predicted molar refractivity (Wildman–Crippen MR) is 272 cm³/mol. The van der Waals surface area contributed by atoms with Crippen molar-refractivity contribution in [3.8, 4) is 11.1 Å². The van der Waals surface area contributed by atoms with E-state index in [0.717, 1.165) is 88.9 Å². The normalized spacial score (nSPS) is 10.9. The van der Waals surface area contributed by atoms with Gasteiger partial charge in [0.05, 0.1) is 0 Å². The number of aliphatic carboxylic acids is 1. The first-order valence-electron chi connectivity index (χ1n) is 23.6. The third-order valence-electron chi connectivity index (χ3n) is 11.3. The number of carbonyl (C=O) groups excluding carboxylic acids is 1. The zero-order valence-corrected chi connectivity index (χ0v) is 41.6. The number of carboxylic acids is 1. The summed E-state index contributed by atoms with van der Waals surface area (Å²) in [7, 11) is 2.48. The van der Waals surface area contributed by atoms with Crippen LogP contribution in [-0.4, -0.2) is 77.0 Å². The molecule has 0 radical (unpaired) electrons. The second-order valence-electron chi connectivity index (χ2n) is 16.6. The summed E-state index contributed by atoms with van der Waals surface area (Å²) in [4.78, 5) is 39.5. The number of hydrogen-bond donors (Lipinski definition) is 0. The van der Waals surface area contributed by atoms with Crippen LogP contribution in [0.2, 0.25) is 0 Å². The molecule has 0 spiro atoms. The van der Waals surface area contributed by atoms with Gasteiger partial charge in [-0.2, -0.15) is 0 Å². The zero-order chi connectivity index (χ0) is 49.5. The van der Waals surface area contributed by atoms with Crippen molar-refractivity contribution < 1.29 is 43.2 Å². The minimum absolute atomic E-state index is 0.0863. The molecule has 5 aromatic carbocycles. The van der Waals surface area contributed by atoms with Gasteiger partial charge in [-0.25, -0.2) is 0 Å². The van der Waals surface area contributed by atoms with Crippen LogP contribution in [0.4, 0.5) is 0 Å². The van der Waals surface area contributed by atoms with E-state index in [2.05, 4.69) is 70.6 Å². The van der Waals surface area contributed by atoms with E-state index in [1.165, 1.54) is 54.9 Å². The molecular weight excluding hydrogens is 888 g/mol. The number of hydrogen-bond acceptors (Lipinski definition) is 11. The maximum atomic E-state index is 10.5. The molecule has 0 aliphatic carbocycles. The number of carbonyl (C=O) groups is 1. The van der Waals surface area contributed by atoms with Crippen molar-refractivity contribution in [1.82, 2.24) is 9.97 Å². The molecule has 2 aromatic heterocycles. The van der Waals surface area contributed by atoms with Crippen LogP contribution >= 0.6 is 7.60 Å². The Hall–Kier alpha value is -5.62. The molecule has 0 fully saturated rings. The van der Waals surface area contributed by atoms with Crippen molar-refractivity contribution in [2.24, 2.45) is 0 Å². The van der Waals surface area contributed by atoms with Gasteiger partial charge in [-0.3, -0.25) is 9.97 Å². The van der Waals surface area contributed by atoms with Crippen molar-refractivity contribution in [3.63, 3.8) is 0 Å². The van der Waals surface area contributed by atoms with Gasteiger partial charge in [0.2, 0.25) is 0 Å². The summed E-state index contributed by atoms with van der Waals surface area (Å²) in [5.41, 5.74) is 9.56. The van der Waals surface area contributed by atoms with Crippen LogP contribution in [0.3, 0.4) is 0 Å². The van der Waals surface area contributed by atoms with Crippen LogP contribution in [0.5, 0.6) is 0 Å². The van der Waals surface area contributed by atoms with E-state index in [-0.39, 0.29) is 12.6 Å². The molecule has 7 aromatic rings.